The second kappa shape index (κ2) is 3.73. The summed E-state index contributed by atoms with van der Waals surface area (Å²) in [5, 5.41) is 7.62. The van der Waals surface area contributed by atoms with Crippen LogP contribution in [-0.2, 0) is 4.74 Å². The van der Waals surface area contributed by atoms with Crippen LogP contribution in [0.25, 0.3) is 11.0 Å². The predicted octanol–water partition coefficient (Wildman–Crippen LogP) is 1.80. The van der Waals surface area contributed by atoms with Crippen molar-refractivity contribution in [3.05, 3.63) is 18.2 Å². The molecule has 0 bridgehead atoms. The van der Waals surface area contributed by atoms with Gasteiger partial charge in [0.1, 0.15) is 16.6 Å². The quantitative estimate of drug-likeness (QED) is 0.703. The van der Waals surface area contributed by atoms with Crippen LogP contribution in [0.2, 0.25) is 0 Å². The second-order valence-electron chi connectivity index (χ2n) is 4.73. The zero-order chi connectivity index (χ0) is 12.6. The van der Waals surface area contributed by atoms with Crippen molar-refractivity contribution < 1.29 is 9.53 Å². The summed E-state index contributed by atoms with van der Waals surface area (Å²) in [6.07, 6.45) is -0.564. The highest BCUT2D eigenvalue weighted by Gasteiger charge is 2.20. The van der Waals surface area contributed by atoms with Crippen molar-refractivity contribution in [3.8, 4) is 0 Å². The summed E-state index contributed by atoms with van der Waals surface area (Å²) < 4.78 is 6.32. The number of anilines is 1. The Balaban J connectivity index is 2.42. The Kier molecular flexibility index (Phi) is 2.49. The molecular formula is C11H14N4O2. The topological polar surface area (TPSA) is 83.0 Å². The van der Waals surface area contributed by atoms with E-state index in [1.807, 2.05) is 0 Å². The minimum Gasteiger partial charge on any atom is -0.442 e. The maximum absolute atomic E-state index is 11.8. The van der Waals surface area contributed by atoms with Gasteiger partial charge in [-0.15, -0.1) is 9.78 Å². The van der Waals surface area contributed by atoms with E-state index in [0.29, 0.717) is 16.7 Å². The molecule has 0 atom stereocenters. The zero-order valence-corrected chi connectivity index (χ0v) is 9.97. The van der Waals surface area contributed by atoms with Crippen molar-refractivity contribution in [2.24, 2.45) is 0 Å². The van der Waals surface area contributed by atoms with Gasteiger partial charge in [-0.05, 0) is 39.0 Å². The summed E-state index contributed by atoms with van der Waals surface area (Å²) in [5.74, 6) is 0. The first kappa shape index (κ1) is 11.4. The largest absolute Gasteiger partial charge is 0.442 e. The second-order valence-corrected chi connectivity index (χ2v) is 4.73. The Morgan fingerprint density at radius 2 is 2.12 bits per heavy atom. The van der Waals surface area contributed by atoms with Crippen LogP contribution in [0.5, 0.6) is 0 Å². The van der Waals surface area contributed by atoms with Crippen LogP contribution in [0.4, 0.5) is 10.5 Å². The number of carbonyl (C=O) groups excluding carboxylic acids is 1. The Morgan fingerprint density at radius 1 is 1.41 bits per heavy atom. The van der Waals surface area contributed by atoms with Crippen molar-refractivity contribution >= 4 is 22.8 Å². The molecule has 0 aliphatic heterocycles. The molecule has 0 saturated carbocycles. The van der Waals surface area contributed by atoms with Gasteiger partial charge in [0, 0.05) is 5.69 Å². The van der Waals surface area contributed by atoms with Crippen molar-refractivity contribution in [2.75, 3.05) is 5.73 Å². The van der Waals surface area contributed by atoms with E-state index < -0.39 is 11.7 Å². The van der Waals surface area contributed by atoms with Crippen LogP contribution in [0, 0.1) is 0 Å². The maximum atomic E-state index is 11.8. The number of aromatic nitrogens is 3. The van der Waals surface area contributed by atoms with Crippen molar-refractivity contribution in [1.82, 2.24) is 15.0 Å². The van der Waals surface area contributed by atoms with Gasteiger partial charge in [-0.25, -0.2) is 4.79 Å². The van der Waals surface area contributed by atoms with E-state index in [-0.39, 0.29) is 0 Å². The van der Waals surface area contributed by atoms with E-state index in [1.54, 1.807) is 39.0 Å². The summed E-state index contributed by atoms with van der Waals surface area (Å²) >= 11 is 0. The average Bonchev–Trinajstić information content (AvgIpc) is 2.57. The third-order valence-electron chi connectivity index (χ3n) is 2.04. The number of hydrogen-bond acceptors (Lipinski definition) is 5. The summed E-state index contributed by atoms with van der Waals surface area (Å²) in [4.78, 5) is 11.8. The van der Waals surface area contributed by atoms with Gasteiger partial charge in [-0.1, -0.05) is 5.21 Å². The third-order valence-corrected chi connectivity index (χ3v) is 2.04. The smallest absolute Gasteiger partial charge is 0.437 e. The maximum Gasteiger partial charge on any atom is 0.437 e. The zero-order valence-electron chi connectivity index (χ0n) is 9.97. The van der Waals surface area contributed by atoms with Gasteiger partial charge in [0.15, 0.2) is 0 Å². The molecule has 0 fully saturated rings. The van der Waals surface area contributed by atoms with Crippen LogP contribution >= 0.6 is 0 Å². The summed E-state index contributed by atoms with van der Waals surface area (Å²) in [5.41, 5.74) is 6.77. The lowest BCUT2D eigenvalue weighted by Crippen LogP contribution is -2.27. The van der Waals surface area contributed by atoms with Crippen molar-refractivity contribution in [3.63, 3.8) is 0 Å². The fourth-order valence-corrected chi connectivity index (χ4v) is 1.38. The van der Waals surface area contributed by atoms with Crippen LogP contribution in [0.15, 0.2) is 18.2 Å². The van der Waals surface area contributed by atoms with Crippen LogP contribution < -0.4 is 5.73 Å². The molecule has 0 aliphatic carbocycles. The van der Waals surface area contributed by atoms with E-state index >= 15 is 0 Å². The molecule has 2 aromatic rings. The molecule has 6 heteroatoms. The standard InChI is InChI=1S/C11H14N4O2/c1-11(2,3)17-10(16)15-9-6-7(12)4-5-8(9)13-14-15/h4-6H,12H2,1-3H3. The first-order valence-corrected chi connectivity index (χ1v) is 5.21. The fourth-order valence-electron chi connectivity index (χ4n) is 1.38. The molecule has 0 spiro atoms. The van der Waals surface area contributed by atoms with Crippen molar-refractivity contribution in [1.29, 1.82) is 0 Å². The molecule has 0 unspecified atom stereocenters. The van der Waals surface area contributed by atoms with Crippen molar-refractivity contribution in [2.45, 2.75) is 26.4 Å². The third kappa shape index (κ3) is 2.35. The lowest BCUT2D eigenvalue weighted by molar-refractivity contribution is 0.0519. The molecule has 90 valence electrons. The number of nitrogens with zero attached hydrogens (tertiary/aromatic N) is 3. The molecule has 1 heterocycles. The highest BCUT2D eigenvalue weighted by molar-refractivity contribution is 5.86. The van der Waals surface area contributed by atoms with E-state index in [2.05, 4.69) is 10.3 Å². The highest BCUT2D eigenvalue weighted by atomic mass is 16.6. The van der Waals surface area contributed by atoms with Crippen LogP contribution in [0.1, 0.15) is 20.8 Å². The molecule has 0 amide bonds. The van der Waals surface area contributed by atoms with Gasteiger partial charge >= 0.3 is 6.09 Å². The van der Waals surface area contributed by atoms with Crippen LogP contribution in [-0.4, -0.2) is 26.7 Å². The molecule has 1 aromatic heterocycles. The molecule has 0 aliphatic rings. The molecular weight excluding hydrogens is 220 g/mol. The Bertz CT molecular complexity index is 568. The van der Waals surface area contributed by atoms with E-state index in [1.165, 1.54) is 0 Å². The average molecular weight is 234 g/mol. The van der Waals surface area contributed by atoms with E-state index in [4.69, 9.17) is 10.5 Å². The first-order valence-electron chi connectivity index (χ1n) is 5.21. The van der Waals surface area contributed by atoms with Gasteiger partial charge in [0.25, 0.3) is 0 Å². The number of nitrogen functional groups attached to an aromatic ring is 1. The Labute approximate surface area is 98.3 Å². The molecule has 2 rings (SSSR count). The number of ether oxygens (including phenoxy) is 1. The molecule has 1 aromatic carbocycles. The molecule has 2 N–H and O–H groups in total. The monoisotopic (exact) mass is 234 g/mol. The SMILES string of the molecule is CC(C)(C)OC(=O)n1nnc2ccc(N)cc21. The molecule has 0 radical (unpaired) electrons. The molecule has 6 nitrogen and oxygen atoms in total. The van der Waals surface area contributed by atoms with Gasteiger partial charge in [-0.2, -0.15) is 0 Å². The molecule has 17 heavy (non-hydrogen) atoms. The number of fused-ring (bicyclic) bond motifs is 1. The fraction of sp³-hybridized carbons (Fsp3) is 0.364. The minimum absolute atomic E-state index is 0.541. The number of hydrogen-bond donors (Lipinski definition) is 1. The van der Waals surface area contributed by atoms with E-state index in [0.717, 1.165) is 4.68 Å². The van der Waals surface area contributed by atoms with E-state index in [9.17, 15) is 4.79 Å². The first-order chi connectivity index (χ1) is 7.87. The number of benzene rings is 1. The van der Waals surface area contributed by atoms with Crippen LogP contribution in [0.3, 0.4) is 0 Å². The predicted molar refractivity (Wildman–Crippen MR) is 63.6 cm³/mol. The Hall–Kier alpha value is -2.11. The normalized spacial score (nSPS) is 11.7. The summed E-state index contributed by atoms with van der Waals surface area (Å²) in [6.45, 7) is 5.37. The van der Waals surface area contributed by atoms with Gasteiger partial charge in [0.2, 0.25) is 0 Å². The summed E-state index contributed by atoms with van der Waals surface area (Å²) in [7, 11) is 0. The van der Waals surface area contributed by atoms with Gasteiger partial charge in [-0.3, -0.25) is 0 Å². The molecule has 0 saturated heterocycles. The van der Waals surface area contributed by atoms with Gasteiger partial charge in [0.05, 0.1) is 0 Å². The minimum atomic E-state index is -0.574. The summed E-state index contributed by atoms with van der Waals surface area (Å²) in [6, 6.07) is 5.05. The Morgan fingerprint density at radius 3 is 2.76 bits per heavy atom. The lowest BCUT2D eigenvalue weighted by atomic mass is 10.2. The highest BCUT2D eigenvalue weighted by Crippen LogP contribution is 2.16. The van der Waals surface area contributed by atoms with Gasteiger partial charge < -0.3 is 10.5 Å². The lowest BCUT2D eigenvalue weighted by Gasteiger charge is -2.18. The number of rotatable bonds is 0. The number of carbonyl (C=O) groups is 1. The number of nitrogens with two attached hydrogens (primary N) is 1.